The van der Waals surface area contributed by atoms with E-state index in [0.717, 1.165) is 0 Å². The fourth-order valence-electron chi connectivity index (χ4n) is 2.36. The molecule has 3 N–H and O–H groups in total. The molecule has 0 saturated carbocycles. The van der Waals surface area contributed by atoms with Crippen LogP contribution in [0.15, 0.2) is 18.2 Å². The molecule has 0 aromatic heterocycles. The van der Waals surface area contributed by atoms with Crippen molar-refractivity contribution in [2.24, 2.45) is 5.92 Å². The highest BCUT2D eigenvalue weighted by atomic mass is 35.5. The van der Waals surface area contributed by atoms with Crippen LogP contribution in [-0.4, -0.2) is 46.3 Å². The smallest absolute Gasteiger partial charge is 0.339 e. The van der Waals surface area contributed by atoms with Gasteiger partial charge in [0.2, 0.25) is 0 Å². The van der Waals surface area contributed by atoms with E-state index in [1.165, 1.54) is 12.1 Å². The van der Waals surface area contributed by atoms with E-state index in [1.807, 2.05) is 6.92 Å². The third kappa shape index (κ3) is 3.46. The van der Waals surface area contributed by atoms with Gasteiger partial charge in [0.15, 0.2) is 0 Å². The molecule has 1 saturated heterocycles. The van der Waals surface area contributed by atoms with Gasteiger partial charge in [-0.1, -0.05) is 24.6 Å². The number of urea groups is 1. The van der Waals surface area contributed by atoms with Gasteiger partial charge in [0, 0.05) is 13.1 Å². The largest absolute Gasteiger partial charge is 0.478 e. The number of halogens is 1. The fourth-order valence-corrected chi connectivity index (χ4v) is 2.61. The number of hydrogen-bond acceptors (Lipinski definition) is 3. The lowest BCUT2D eigenvalue weighted by Gasteiger charge is -2.34. The Kier molecular flexibility index (Phi) is 4.69. The van der Waals surface area contributed by atoms with Crippen LogP contribution >= 0.6 is 11.6 Å². The molecule has 0 aliphatic carbocycles. The lowest BCUT2D eigenvalue weighted by Crippen LogP contribution is -2.46. The van der Waals surface area contributed by atoms with Gasteiger partial charge in [-0.05, 0) is 24.5 Å². The number of anilines is 1. The van der Waals surface area contributed by atoms with Gasteiger partial charge in [0.1, 0.15) is 5.56 Å². The van der Waals surface area contributed by atoms with Crippen molar-refractivity contribution in [3.63, 3.8) is 0 Å². The van der Waals surface area contributed by atoms with E-state index < -0.39 is 18.1 Å². The van der Waals surface area contributed by atoms with E-state index in [9.17, 15) is 14.7 Å². The third-order valence-electron chi connectivity index (χ3n) is 3.62. The van der Waals surface area contributed by atoms with Crippen molar-refractivity contribution in [1.29, 1.82) is 0 Å². The zero-order valence-electron chi connectivity index (χ0n) is 11.5. The topological polar surface area (TPSA) is 89.9 Å². The Morgan fingerprint density at radius 2 is 2.14 bits per heavy atom. The first-order chi connectivity index (χ1) is 9.90. The van der Waals surface area contributed by atoms with E-state index in [-0.39, 0.29) is 22.2 Å². The third-order valence-corrected chi connectivity index (χ3v) is 3.93. The second-order valence-electron chi connectivity index (χ2n) is 5.18. The van der Waals surface area contributed by atoms with Crippen LogP contribution in [-0.2, 0) is 0 Å². The van der Waals surface area contributed by atoms with Crippen molar-refractivity contribution in [2.45, 2.75) is 19.4 Å². The first-order valence-corrected chi connectivity index (χ1v) is 7.03. The Hall–Kier alpha value is -1.79. The van der Waals surface area contributed by atoms with Gasteiger partial charge >= 0.3 is 12.0 Å². The predicted molar refractivity (Wildman–Crippen MR) is 78.8 cm³/mol. The van der Waals surface area contributed by atoms with Gasteiger partial charge < -0.3 is 20.4 Å². The number of likely N-dealkylation sites (tertiary alicyclic amines) is 1. The molecule has 2 atom stereocenters. The number of benzene rings is 1. The van der Waals surface area contributed by atoms with Crippen molar-refractivity contribution >= 4 is 29.3 Å². The zero-order valence-corrected chi connectivity index (χ0v) is 12.3. The summed E-state index contributed by atoms with van der Waals surface area (Å²) in [6.07, 6.45) is 0.102. The molecule has 6 nitrogen and oxygen atoms in total. The number of rotatable bonds is 2. The number of aliphatic hydroxyl groups excluding tert-OH is 1. The molecule has 1 aliphatic rings. The highest BCUT2D eigenvalue weighted by molar-refractivity contribution is 6.34. The van der Waals surface area contributed by atoms with Crippen LogP contribution in [0.3, 0.4) is 0 Å². The van der Waals surface area contributed by atoms with E-state index in [1.54, 1.807) is 11.0 Å². The van der Waals surface area contributed by atoms with E-state index in [0.29, 0.717) is 19.5 Å². The van der Waals surface area contributed by atoms with Gasteiger partial charge in [0.05, 0.1) is 16.8 Å². The number of carboxylic acid groups (broad SMARTS) is 1. The minimum absolute atomic E-state index is 0.0113. The lowest BCUT2D eigenvalue weighted by atomic mass is 9.97. The molecule has 1 fully saturated rings. The van der Waals surface area contributed by atoms with E-state index >= 15 is 0 Å². The van der Waals surface area contributed by atoms with E-state index in [2.05, 4.69) is 5.32 Å². The quantitative estimate of drug-likeness (QED) is 0.781. The van der Waals surface area contributed by atoms with Crippen LogP contribution in [0.2, 0.25) is 5.02 Å². The number of carboxylic acids is 1. The number of aliphatic hydroxyl groups is 1. The van der Waals surface area contributed by atoms with Gasteiger partial charge in [0.25, 0.3) is 0 Å². The Balaban J connectivity index is 2.13. The van der Waals surface area contributed by atoms with Crippen LogP contribution in [0.5, 0.6) is 0 Å². The molecule has 7 heteroatoms. The molecule has 1 aromatic carbocycles. The Morgan fingerprint density at radius 1 is 1.43 bits per heavy atom. The highest BCUT2D eigenvalue weighted by Crippen LogP contribution is 2.25. The number of amides is 2. The molecule has 0 radical (unpaired) electrons. The maximum Gasteiger partial charge on any atom is 0.339 e. The van der Waals surface area contributed by atoms with Gasteiger partial charge in [-0.25, -0.2) is 9.59 Å². The van der Waals surface area contributed by atoms with Gasteiger partial charge in [-0.15, -0.1) is 0 Å². The molecule has 1 aromatic rings. The number of nitrogens with zero attached hydrogens (tertiary/aromatic N) is 1. The number of carbonyl (C=O) groups is 2. The molecule has 0 spiro atoms. The second-order valence-corrected chi connectivity index (χ2v) is 5.58. The van der Waals surface area contributed by atoms with Crippen molar-refractivity contribution in [3.05, 3.63) is 28.8 Å². The minimum Gasteiger partial charge on any atom is -0.478 e. The van der Waals surface area contributed by atoms with Crippen LogP contribution in [0.25, 0.3) is 0 Å². The summed E-state index contributed by atoms with van der Waals surface area (Å²) in [5.74, 6) is -1.21. The zero-order chi connectivity index (χ0) is 15.6. The minimum atomic E-state index is -1.20. The van der Waals surface area contributed by atoms with Crippen LogP contribution in [0, 0.1) is 5.92 Å². The first-order valence-electron chi connectivity index (χ1n) is 6.66. The maximum absolute atomic E-state index is 12.2. The summed E-state index contributed by atoms with van der Waals surface area (Å²) in [6, 6.07) is 4.14. The number of hydrogen-bond donors (Lipinski definition) is 3. The molecule has 2 rings (SSSR count). The molecule has 114 valence electrons. The molecule has 21 heavy (non-hydrogen) atoms. The van der Waals surface area contributed by atoms with Crippen molar-refractivity contribution in [3.8, 4) is 0 Å². The number of carbonyl (C=O) groups excluding carboxylic acids is 1. The van der Waals surface area contributed by atoms with Crippen molar-refractivity contribution in [1.82, 2.24) is 4.90 Å². The highest BCUT2D eigenvalue weighted by Gasteiger charge is 2.28. The van der Waals surface area contributed by atoms with Crippen molar-refractivity contribution < 1.29 is 19.8 Å². The number of aromatic carboxylic acids is 1. The standard InChI is InChI=1S/C14H17ClN2O4/c1-8-7-17(6-5-11(8)18)14(21)16-10-4-2-3-9(15)12(10)13(19)20/h2-4,8,11,18H,5-7H2,1H3,(H,16,21)(H,19,20). The average molecular weight is 313 g/mol. The van der Waals surface area contributed by atoms with Gasteiger partial charge in [-0.2, -0.15) is 0 Å². The molecule has 2 amide bonds. The molecule has 0 bridgehead atoms. The normalized spacial score (nSPS) is 22.0. The number of piperidine rings is 1. The second kappa shape index (κ2) is 6.32. The maximum atomic E-state index is 12.2. The molecule has 1 heterocycles. The average Bonchev–Trinajstić information content (AvgIpc) is 2.41. The summed E-state index contributed by atoms with van der Waals surface area (Å²) >= 11 is 5.86. The van der Waals surface area contributed by atoms with Crippen LogP contribution in [0.4, 0.5) is 10.5 Å². The summed E-state index contributed by atoms with van der Waals surface area (Å²) < 4.78 is 0. The molecular formula is C14H17ClN2O4. The summed E-state index contributed by atoms with van der Waals surface area (Å²) in [4.78, 5) is 25.0. The Bertz CT molecular complexity index is 564. The Labute approximate surface area is 127 Å². The van der Waals surface area contributed by atoms with Gasteiger partial charge in [-0.3, -0.25) is 0 Å². The molecular weight excluding hydrogens is 296 g/mol. The summed E-state index contributed by atoms with van der Waals surface area (Å²) in [5.41, 5.74) is 0.0383. The SMILES string of the molecule is CC1CN(C(=O)Nc2cccc(Cl)c2C(=O)O)CCC1O. The van der Waals surface area contributed by atoms with Crippen LogP contribution in [0.1, 0.15) is 23.7 Å². The first kappa shape index (κ1) is 15.6. The lowest BCUT2D eigenvalue weighted by molar-refractivity contribution is 0.0506. The monoisotopic (exact) mass is 312 g/mol. The van der Waals surface area contributed by atoms with Crippen molar-refractivity contribution in [2.75, 3.05) is 18.4 Å². The molecule has 1 aliphatic heterocycles. The summed E-state index contributed by atoms with van der Waals surface area (Å²) in [6.45, 7) is 2.72. The predicted octanol–water partition coefficient (Wildman–Crippen LogP) is 2.27. The summed E-state index contributed by atoms with van der Waals surface area (Å²) in [5, 5.41) is 21.5. The van der Waals surface area contributed by atoms with E-state index in [4.69, 9.17) is 16.7 Å². The van der Waals surface area contributed by atoms with Crippen LogP contribution < -0.4 is 5.32 Å². The Morgan fingerprint density at radius 3 is 2.76 bits per heavy atom. The number of nitrogens with one attached hydrogen (secondary N) is 1. The summed E-state index contributed by atoms with van der Waals surface area (Å²) in [7, 11) is 0. The molecule has 2 unspecified atom stereocenters. The fraction of sp³-hybridized carbons (Fsp3) is 0.429.